The maximum Gasteiger partial charge on any atom is 0.416 e. The molecule has 0 saturated carbocycles. The zero-order valence-electron chi connectivity index (χ0n) is 30.3. The van der Waals surface area contributed by atoms with E-state index in [1.54, 1.807) is 51.2 Å². The highest BCUT2D eigenvalue weighted by Crippen LogP contribution is 2.34. The summed E-state index contributed by atoms with van der Waals surface area (Å²) in [6.07, 6.45) is -3.29. The number of carbonyl (C=O) groups excluding carboxylic acids is 2. The molecule has 0 bridgehead atoms. The molecule has 2 saturated heterocycles. The van der Waals surface area contributed by atoms with Crippen molar-refractivity contribution >= 4 is 57.0 Å². The average molecular weight is 799 g/mol. The van der Waals surface area contributed by atoms with Gasteiger partial charge in [0.15, 0.2) is 16.8 Å². The van der Waals surface area contributed by atoms with Crippen LogP contribution in [-0.2, 0) is 15.7 Å². The van der Waals surface area contributed by atoms with Crippen LogP contribution in [0.5, 0.6) is 0 Å². The number of anilines is 2. The van der Waals surface area contributed by atoms with Gasteiger partial charge in [-0.15, -0.1) is 20.4 Å². The van der Waals surface area contributed by atoms with Crippen LogP contribution in [0.25, 0.3) is 33.1 Å². The van der Waals surface area contributed by atoms with Crippen LogP contribution >= 0.6 is 11.6 Å². The third-order valence-electron chi connectivity index (χ3n) is 8.80. The van der Waals surface area contributed by atoms with E-state index < -0.39 is 47.9 Å². The molecular weight excluding hydrogens is 763 g/mol. The standard InChI is InChI=1S/C21H17F4N5O.C16H19ClFN5O2/c1-2-17(31)30-10-15(22)16(11-30)27-20-14-4-3-9-26-19(14)18(28-29-20)12-5-7-13(8-6-12)21(23,24)25;1-16(2,3)25-15(24)23-7-10(18)11(8-23)20-14-9-5-4-6-19-12(9)13(17)21-22-14/h2-9,15-16H,1,10-11H2,(H,27,29);4-6,10-11H,7-8H2,1-3H3,(H,20,22)/t15-,16-;10-,11-/m11/s1. The fourth-order valence-electron chi connectivity index (χ4n) is 6.10. The van der Waals surface area contributed by atoms with Crippen LogP contribution in [0.15, 0.2) is 73.6 Å². The van der Waals surface area contributed by atoms with Gasteiger partial charge in [-0.2, -0.15) is 13.2 Å². The molecule has 294 valence electrons. The first kappa shape index (κ1) is 39.9. The van der Waals surface area contributed by atoms with Crippen molar-refractivity contribution in [1.82, 2.24) is 40.2 Å². The number of pyridine rings is 2. The van der Waals surface area contributed by atoms with Gasteiger partial charge in [0.1, 0.15) is 34.7 Å². The summed E-state index contributed by atoms with van der Waals surface area (Å²) in [5.41, 5.74) is 0.224. The molecule has 1 aromatic carbocycles. The van der Waals surface area contributed by atoms with Gasteiger partial charge in [0.25, 0.3) is 0 Å². The number of amides is 2. The van der Waals surface area contributed by atoms with Crippen molar-refractivity contribution in [3.63, 3.8) is 0 Å². The quantitative estimate of drug-likeness (QED) is 0.136. The summed E-state index contributed by atoms with van der Waals surface area (Å²) in [6, 6.07) is 10.1. The number of nitrogens with one attached hydrogen (secondary N) is 2. The van der Waals surface area contributed by atoms with E-state index in [0.29, 0.717) is 38.9 Å². The van der Waals surface area contributed by atoms with Crippen LogP contribution < -0.4 is 10.6 Å². The molecule has 19 heteroatoms. The number of fused-ring (bicyclic) bond motifs is 2. The molecule has 7 rings (SSSR count). The summed E-state index contributed by atoms with van der Waals surface area (Å²) in [6.45, 7) is 8.93. The van der Waals surface area contributed by atoms with Crippen LogP contribution in [0, 0.1) is 0 Å². The smallest absolute Gasteiger partial charge is 0.416 e. The molecule has 56 heavy (non-hydrogen) atoms. The number of hydrogen-bond acceptors (Lipinski definition) is 11. The number of ether oxygens (including phenoxy) is 1. The summed E-state index contributed by atoms with van der Waals surface area (Å²) in [4.78, 5) is 35.0. The van der Waals surface area contributed by atoms with Crippen molar-refractivity contribution in [2.75, 3.05) is 36.8 Å². The summed E-state index contributed by atoms with van der Waals surface area (Å²) >= 11 is 5.99. The number of carbonyl (C=O) groups is 2. The molecule has 0 unspecified atom stereocenters. The Morgan fingerprint density at radius 2 is 1.34 bits per heavy atom. The minimum atomic E-state index is -4.44. The average Bonchev–Trinajstić information content (AvgIpc) is 3.73. The predicted molar refractivity (Wildman–Crippen MR) is 199 cm³/mol. The number of halogens is 6. The highest BCUT2D eigenvalue weighted by Gasteiger charge is 2.38. The van der Waals surface area contributed by atoms with E-state index in [1.165, 1.54) is 28.1 Å². The molecule has 4 aromatic heterocycles. The maximum absolute atomic E-state index is 14.5. The van der Waals surface area contributed by atoms with E-state index in [1.807, 2.05) is 0 Å². The van der Waals surface area contributed by atoms with Crippen molar-refractivity contribution in [3.8, 4) is 11.3 Å². The molecule has 2 aliphatic rings. The monoisotopic (exact) mass is 798 g/mol. The van der Waals surface area contributed by atoms with E-state index in [0.717, 1.165) is 18.2 Å². The summed E-state index contributed by atoms with van der Waals surface area (Å²) in [5, 5.41) is 23.5. The van der Waals surface area contributed by atoms with E-state index in [2.05, 4.69) is 47.6 Å². The van der Waals surface area contributed by atoms with E-state index in [4.69, 9.17) is 16.3 Å². The third-order valence-corrected chi connectivity index (χ3v) is 9.05. The van der Waals surface area contributed by atoms with Crippen molar-refractivity contribution in [2.45, 2.75) is 57.0 Å². The fraction of sp³-hybridized carbons (Fsp3) is 0.351. The molecule has 4 atom stereocenters. The molecule has 13 nitrogen and oxygen atoms in total. The number of aromatic nitrogens is 6. The zero-order chi connectivity index (χ0) is 40.4. The van der Waals surface area contributed by atoms with Gasteiger partial charge in [-0.3, -0.25) is 14.8 Å². The Morgan fingerprint density at radius 1 is 0.804 bits per heavy atom. The van der Waals surface area contributed by atoms with E-state index in [9.17, 15) is 31.5 Å². The number of hydrogen-bond donors (Lipinski definition) is 2. The molecule has 0 spiro atoms. The zero-order valence-corrected chi connectivity index (χ0v) is 31.0. The highest BCUT2D eigenvalue weighted by molar-refractivity contribution is 6.34. The van der Waals surface area contributed by atoms with Crippen LogP contribution in [0.1, 0.15) is 26.3 Å². The third kappa shape index (κ3) is 9.01. The molecule has 0 radical (unpaired) electrons. The molecule has 2 fully saturated rings. The first-order chi connectivity index (χ1) is 26.5. The Balaban J connectivity index is 0.000000194. The SMILES string of the molecule is C=CC(=O)N1C[C@@H](F)[C@H](Nc2nnc(-c3ccc(C(F)(F)F)cc3)c3ncccc23)C1.CC(C)(C)OC(=O)N1C[C@@H](F)[C@H](Nc2nnc(Cl)c3ncccc23)C1. The van der Waals surface area contributed by atoms with E-state index >= 15 is 0 Å². The Kier molecular flexibility index (Phi) is 11.5. The number of benzene rings is 1. The molecule has 2 amide bonds. The largest absolute Gasteiger partial charge is 0.444 e. The van der Waals surface area contributed by atoms with Crippen LogP contribution in [0.2, 0.25) is 5.15 Å². The molecule has 5 aromatic rings. The fourth-order valence-corrected chi connectivity index (χ4v) is 6.29. The maximum atomic E-state index is 14.5. The minimum absolute atomic E-state index is 0.0379. The highest BCUT2D eigenvalue weighted by atomic mass is 35.5. The van der Waals surface area contributed by atoms with Crippen molar-refractivity contribution in [2.24, 2.45) is 0 Å². The van der Waals surface area contributed by atoms with Gasteiger partial charge in [-0.1, -0.05) is 30.3 Å². The van der Waals surface area contributed by atoms with Gasteiger partial charge < -0.3 is 25.2 Å². The number of nitrogens with zero attached hydrogens (tertiary/aromatic N) is 8. The lowest BCUT2D eigenvalue weighted by atomic mass is 10.1. The van der Waals surface area contributed by atoms with Crippen molar-refractivity contribution in [3.05, 3.63) is 84.3 Å². The van der Waals surface area contributed by atoms with Crippen LogP contribution in [0.4, 0.5) is 38.4 Å². The lowest BCUT2D eigenvalue weighted by Gasteiger charge is -2.24. The Bertz CT molecular complexity index is 2240. The van der Waals surface area contributed by atoms with Gasteiger partial charge in [0.05, 0.1) is 30.7 Å². The lowest BCUT2D eigenvalue weighted by molar-refractivity contribution is -0.137. The normalized spacial score (nSPS) is 19.7. The predicted octanol–water partition coefficient (Wildman–Crippen LogP) is 6.90. The summed E-state index contributed by atoms with van der Waals surface area (Å²) in [5.74, 6) is 0.299. The first-order valence-electron chi connectivity index (χ1n) is 17.3. The second kappa shape index (κ2) is 16.1. The second-order valence-electron chi connectivity index (χ2n) is 14.0. The Labute approximate surface area is 322 Å². The number of likely N-dealkylation sites (tertiary alicyclic amines) is 2. The topological polar surface area (TPSA) is 151 Å². The van der Waals surface area contributed by atoms with Crippen LogP contribution in [-0.4, -0.2) is 108 Å². The van der Waals surface area contributed by atoms with Crippen LogP contribution in [0.3, 0.4) is 0 Å². The molecular formula is C37H36ClF5N10O3. The lowest BCUT2D eigenvalue weighted by Crippen LogP contribution is -2.36. The van der Waals surface area contributed by atoms with Gasteiger partial charge in [0, 0.05) is 41.8 Å². The molecule has 2 N–H and O–H groups in total. The van der Waals surface area contributed by atoms with Gasteiger partial charge in [-0.05, 0) is 63.2 Å². The van der Waals surface area contributed by atoms with Gasteiger partial charge >= 0.3 is 12.3 Å². The Morgan fingerprint density at radius 3 is 1.91 bits per heavy atom. The van der Waals surface area contributed by atoms with Gasteiger partial charge in [-0.25, -0.2) is 13.6 Å². The Hall–Kier alpha value is -5.78. The van der Waals surface area contributed by atoms with Crippen molar-refractivity contribution in [1.29, 1.82) is 0 Å². The number of alkyl halides is 5. The van der Waals surface area contributed by atoms with E-state index in [-0.39, 0.29) is 43.1 Å². The molecule has 2 aliphatic heterocycles. The minimum Gasteiger partial charge on any atom is -0.444 e. The molecule has 6 heterocycles. The number of rotatable bonds is 6. The first-order valence-corrected chi connectivity index (χ1v) is 17.7. The van der Waals surface area contributed by atoms with Crippen molar-refractivity contribution < 1.29 is 36.3 Å². The summed E-state index contributed by atoms with van der Waals surface area (Å²) < 4.78 is 72.7. The summed E-state index contributed by atoms with van der Waals surface area (Å²) in [7, 11) is 0. The second-order valence-corrected chi connectivity index (χ2v) is 14.3. The van der Waals surface area contributed by atoms with Gasteiger partial charge in [0.2, 0.25) is 5.91 Å². The molecule has 0 aliphatic carbocycles.